The molecule has 0 saturated carbocycles. The highest BCUT2D eigenvalue weighted by Gasteiger charge is 2.16. The number of phenolic OH excluding ortho intramolecular Hbond substituents is 1. The molecule has 1 aromatic carbocycles. The molecule has 0 heterocycles. The molecule has 16 heavy (non-hydrogen) atoms. The number of hydrogen-bond donors (Lipinski definition) is 3. The Morgan fingerprint density at radius 3 is 2.38 bits per heavy atom. The zero-order chi connectivity index (χ0) is 12.3. The van der Waals surface area contributed by atoms with Crippen molar-refractivity contribution in [3.8, 4) is 11.5 Å². The minimum Gasteiger partial charge on any atom is -0.504 e. The standard InChI is InChI=1S/C10H10O6/c1-16-7-3-6(10(14)15)2-5(9(7)13)4-8(11)12/h2-3,13H,4H2,1H3,(H,11,12)(H,14,15). The maximum absolute atomic E-state index is 10.7. The van der Waals surface area contributed by atoms with E-state index in [4.69, 9.17) is 14.9 Å². The first-order valence-electron chi connectivity index (χ1n) is 4.30. The number of aromatic carboxylic acids is 1. The van der Waals surface area contributed by atoms with Crippen LogP contribution in [0.1, 0.15) is 15.9 Å². The Balaban J connectivity index is 3.29. The Labute approximate surface area is 90.7 Å². The van der Waals surface area contributed by atoms with Crippen molar-refractivity contribution in [3.05, 3.63) is 23.3 Å². The molecule has 0 saturated heterocycles. The number of phenols is 1. The van der Waals surface area contributed by atoms with Gasteiger partial charge in [0.2, 0.25) is 0 Å². The molecule has 0 bridgehead atoms. The first-order chi connectivity index (χ1) is 7.45. The lowest BCUT2D eigenvalue weighted by Gasteiger charge is -2.08. The predicted octanol–water partition coefficient (Wildman–Crippen LogP) is 0.726. The molecule has 0 amide bonds. The summed E-state index contributed by atoms with van der Waals surface area (Å²) in [6, 6.07) is 2.23. The molecular weight excluding hydrogens is 216 g/mol. The topological polar surface area (TPSA) is 104 Å². The number of benzene rings is 1. The molecular formula is C10H10O6. The number of methoxy groups -OCH3 is 1. The summed E-state index contributed by atoms with van der Waals surface area (Å²) in [5.74, 6) is -2.80. The third kappa shape index (κ3) is 2.41. The summed E-state index contributed by atoms with van der Waals surface area (Å²) in [7, 11) is 1.26. The van der Waals surface area contributed by atoms with Gasteiger partial charge in [0.1, 0.15) is 0 Å². The van der Waals surface area contributed by atoms with Gasteiger partial charge in [0.05, 0.1) is 19.1 Å². The first-order valence-corrected chi connectivity index (χ1v) is 4.30. The summed E-state index contributed by atoms with van der Waals surface area (Å²) in [5, 5.41) is 26.9. The Hall–Kier alpha value is -2.24. The SMILES string of the molecule is COc1cc(C(=O)O)cc(CC(=O)O)c1O. The summed E-state index contributed by atoms with van der Waals surface area (Å²) >= 11 is 0. The van der Waals surface area contributed by atoms with E-state index in [1.54, 1.807) is 0 Å². The second-order valence-corrected chi connectivity index (χ2v) is 3.06. The van der Waals surface area contributed by atoms with Crippen LogP contribution in [0.25, 0.3) is 0 Å². The second-order valence-electron chi connectivity index (χ2n) is 3.06. The molecule has 3 N–H and O–H groups in total. The van der Waals surface area contributed by atoms with E-state index in [9.17, 15) is 14.7 Å². The van der Waals surface area contributed by atoms with Crippen LogP contribution in [0.15, 0.2) is 12.1 Å². The van der Waals surface area contributed by atoms with E-state index in [1.165, 1.54) is 7.11 Å². The van der Waals surface area contributed by atoms with Gasteiger partial charge >= 0.3 is 11.9 Å². The van der Waals surface area contributed by atoms with E-state index < -0.39 is 18.4 Å². The quantitative estimate of drug-likeness (QED) is 0.699. The lowest BCUT2D eigenvalue weighted by atomic mass is 10.1. The third-order valence-electron chi connectivity index (χ3n) is 1.96. The van der Waals surface area contributed by atoms with Crippen molar-refractivity contribution in [2.45, 2.75) is 6.42 Å². The van der Waals surface area contributed by atoms with Gasteiger partial charge in [-0.25, -0.2) is 4.79 Å². The van der Waals surface area contributed by atoms with Gasteiger partial charge in [0, 0.05) is 5.56 Å². The van der Waals surface area contributed by atoms with Crippen LogP contribution in [0.4, 0.5) is 0 Å². The van der Waals surface area contributed by atoms with E-state index in [0.29, 0.717) is 0 Å². The van der Waals surface area contributed by atoms with Crippen LogP contribution in [0.5, 0.6) is 11.5 Å². The first kappa shape index (κ1) is 11.8. The van der Waals surface area contributed by atoms with E-state index in [1.807, 2.05) is 0 Å². The molecule has 86 valence electrons. The van der Waals surface area contributed by atoms with Gasteiger partial charge in [-0.15, -0.1) is 0 Å². The van der Waals surface area contributed by atoms with Crippen molar-refractivity contribution in [3.63, 3.8) is 0 Å². The largest absolute Gasteiger partial charge is 0.504 e. The fraction of sp³-hybridized carbons (Fsp3) is 0.200. The van der Waals surface area contributed by atoms with Crippen LogP contribution >= 0.6 is 0 Å². The normalized spacial score (nSPS) is 9.81. The molecule has 6 nitrogen and oxygen atoms in total. The number of carboxylic acids is 2. The van der Waals surface area contributed by atoms with Gasteiger partial charge in [-0.2, -0.15) is 0 Å². The maximum Gasteiger partial charge on any atom is 0.335 e. The predicted molar refractivity (Wildman–Crippen MR) is 53.0 cm³/mol. The molecule has 0 radical (unpaired) electrons. The summed E-state index contributed by atoms with van der Waals surface area (Å²) < 4.78 is 4.75. The molecule has 1 aromatic rings. The molecule has 1 rings (SSSR count). The average Bonchev–Trinajstić information content (AvgIpc) is 2.20. The van der Waals surface area contributed by atoms with Gasteiger partial charge in [-0.1, -0.05) is 0 Å². The molecule has 0 spiro atoms. The fourth-order valence-electron chi connectivity index (χ4n) is 1.24. The number of carboxylic acid groups (broad SMARTS) is 2. The number of rotatable bonds is 4. The van der Waals surface area contributed by atoms with Crippen LogP contribution < -0.4 is 4.74 Å². The third-order valence-corrected chi connectivity index (χ3v) is 1.96. The molecule has 0 aliphatic carbocycles. The molecule has 0 atom stereocenters. The van der Waals surface area contributed by atoms with E-state index in [-0.39, 0.29) is 22.6 Å². The maximum atomic E-state index is 10.7. The zero-order valence-electron chi connectivity index (χ0n) is 8.43. The highest BCUT2D eigenvalue weighted by Crippen LogP contribution is 2.31. The van der Waals surface area contributed by atoms with Gasteiger partial charge in [0.15, 0.2) is 11.5 Å². The number of carbonyl (C=O) groups is 2. The van der Waals surface area contributed by atoms with Gasteiger partial charge in [0.25, 0.3) is 0 Å². The van der Waals surface area contributed by atoms with Crippen molar-refractivity contribution >= 4 is 11.9 Å². The molecule has 0 aliphatic rings. The molecule has 0 fully saturated rings. The smallest absolute Gasteiger partial charge is 0.335 e. The monoisotopic (exact) mass is 226 g/mol. The van der Waals surface area contributed by atoms with Crippen LogP contribution in [0.2, 0.25) is 0 Å². The molecule has 0 aromatic heterocycles. The minimum atomic E-state index is -1.22. The number of aromatic hydroxyl groups is 1. The van der Waals surface area contributed by atoms with Crippen molar-refractivity contribution in [1.82, 2.24) is 0 Å². The Kier molecular flexibility index (Phi) is 3.34. The highest BCUT2D eigenvalue weighted by molar-refractivity contribution is 5.89. The second kappa shape index (κ2) is 4.52. The van der Waals surface area contributed by atoms with Crippen molar-refractivity contribution in [2.75, 3.05) is 7.11 Å². The van der Waals surface area contributed by atoms with Crippen LogP contribution in [-0.2, 0) is 11.2 Å². The summed E-state index contributed by atoms with van der Waals surface area (Å²) in [6.45, 7) is 0. The summed E-state index contributed by atoms with van der Waals surface area (Å²) in [6.07, 6.45) is -0.469. The highest BCUT2D eigenvalue weighted by atomic mass is 16.5. The van der Waals surface area contributed by atoms with Crippen LogP contribution in [0, 0.1) is 0 Å². The summed E-state index contributed by atoms with van der Waals surface area (Å²) in [5.41, 5.74) is -0.129. The minimum absolute atomic E-state index is 0.00394. The van der Waals surface area contributed by atoms with E-state index in [0.717, 1.165) is 12.1 Å². The number of ether oxygens (including phenoxy) is 1. The molecule has 0 unspecified atom stereocenters. The fourth-order valence-corrected chi connectivity index (χ4v) is 1.24. The van der Waals surface area contributed by atoms with Crippen LogP contribution in [-0.4, -0.2) is 34.4 Å². The lowest BCUT2D eigenvalue weighted by molar-refractivity contribution is -0.136. The zero-order valence-corrected chi connectivity index (χ0v) is 8.43. The van der Waals surface area contributed by atoms with Crippen molar-refractivity contribution < 1.29 is 29.6 Å². The molecule has 6 heteroatoms. The summed E-state index contributed by atoms with van der Waals surface area (Å²) in [4.78, 5) is 21.2. The lowest BCUT2D eigenvalue weighted by Crippen LogP contribution is -2.04. The number of hydrogen-bond acceptors (Lipinski definition) is 4. The molecule has 0 aliphatic heterocycles. The van der Waals surface area contributed by atoms with Gasteiger partial charge < -0.3 is 20.1 Å². The van der Waals surface area contributed by atoms with E-state index >= 15 is 0 Å². The number of aliphatic carboxylic acids is 1. The Bertz CT molecular complexity index is 437. The Morgan fingerprint density at radius 2 is 1.94 bits per heavy atom. The van der Waals surface area contributed by atoms with Crippen LogP contribution in [0.3, 0.4) is 0 Å². The van der Waals surface area contributed by atoms with Gasteiger partial charge in [-0.05, 0) is 12.1 Å². The Morgan fingerprint density at radius 1 is 1.31 bits per heavy atom. The van der Waals surface area contributed by atoms with Gasteiger partial charge in [-0.3, -0.25) is 4.79 Å². The van der Waals surface area contributed by atoms with Crippen molar-refractivity contribution in [2.24, 2.45) is 0 Å². The van der Waals surface area contributed by atoms with E-state index in [2.05, 4.69) is 0 Å². The average molecular weight is 226 g/mol. The van der Waals surface area contributed by atoms with Crippen molar-refractivity contribution in [1.29, 1.82) is 0 Å².